The smallest absolute Gasteiger partial charge is 0.303 e. The molecule has 17 heavy (non-hydrogen) atoms. The van der Waals surface area contributed by atoms with Crippen molar-refractivity contribution in [3.05, 3.63) is 0 Å². The second-order valence-corrected chi connectivity index (χ2v) is 3.87. The van der Waals surface area contributed by atoms with Crippen LogP contribution in [0.1, 0.15) is 20.8 Å². The van der Waals surface area contributed by atoms with Gasteiger partial charge in [0.05, 0.1) is 6.10 Å². The topological polar surface area (TPSA) is 102 Å². The fourth-order valence-electron chi connectivity index (χ4n) is 1.68. The van der Waals surface area contributed by atoms with E-state index in [1.165, 1.54) is 13.8 Å². The Morgan fingerprint density at radius 3 is 2.00 bits per heavy atom. The van der Waals surface area contributed by atoms with Gasteiger partial charge in [-0.2, -0.15) is 0 Å². The largest absolute Gasteiger partial charge is 0.457 e. The molecule has 0 saturated carbocycles. The van der Waals surface area contributed by atoms with E-state index in [0.717, 1.165) is 6.92 Å². The molecule has 1 rings (SSSR count). The van der Waals surface area contributed by atoms with Crippen LogP contribution in [0.5, 0.6) is 0 Å². The van der Waals surface area contributed by atoms with Crippen molar-refractivity contribution in [2.75, 3.05) is 0 Å². The molecule has 0 radical (unpaired) electrons. The maximum absolute atomic E-state index is 10.9. The Kier molecular flexibility index (Phi) is 4.44. The first kappa shape index (κ1) is 13.9. The summed E-state index contributed by atoms with van der Waals surface area (Å²) in [6, 6.07) is 0. The normalized spacial score (nSPS) is 37.4. The van der Waals surface area contributed by atoms with E-state index in [-0.39, 0.29) is 0 Å². The van der Waals surface area contributed by atoms with E-state index < -0.39 is 42.6 Å². The summed E-state index contributed by atoms with van der Waals surface area (Å²) >= 11 is 0. The Morgan fingerprint density at radius 1 is 1.06 bits per heavy atom. The summed E-state index contributed by atoms with van der Waals surface area (Å²) < 4.78 is 14.6. The molecule has 1 aliphatic heterocycles. The van der Waals surface area contributed by atoms with Crippen LogP contribution in [0.15, 0.2) is 0 Å². The van der Waals surface area contributed by atoms with Crippen LogP contribution in [-0.2, 0) is 23.8 Å². The average molecular weight is 248 g/mol. The highest BCUT2D eigenvalue weighted by Crippen LogP contribution is 2.24. The van der Waals surface area contributed by atoms with Gasteiger partial charge in [-0.15, -0.1) is 0 Å². The maximum Gasteiger partial charge on any atom is 0.303 e. The quantitative estimate of drug-likeness (QED) is 0.601. The molecule has 0 aromatic heterocycles. The van der Waals surface area contributed by atoms with E-state index in [4.69, 9.17) is 14.2 Å². The van der Waals surface area contributed by atoms with Crippen molar-refractivity contribution in [1.29, 1.82) is 0 Å². The minimum absolute atomic E-state index is 0.595. The molecule has 0 bridgehead atoms. The van der Waals surface area contributed by atoms with Gasteiger partial charge in [-0.3, -0.25) is 9.59 Å². The Balaban J connectivity index is 2.78. The number of esters is 2. The SMILES string of the molecule is CC(=O)OC1C(O)[C@@H](OC(C)=O)C(C)O[C@H]1O. The number of carbonyl (C=O) groups excluding carboxylic acids is 2. The lowest BCUT2D eigenvalue weighted by Gasteiger charge is -2.40. The summed E-state index contributed by atoms with van der Waals surface area (Å²) in [6.45, 7) is 3.85. The van der Waals surface area contributed by atoms with Crippen LogP contribution in [0.4, 0.5) is 0 Å². The lowest BCUT2D eigenvalue weighted by Crippen LogP contribution is -2.59. The number of hydrogen-bond donors (Lipinski definition) is 2. The van der Waals surface area contributed by atoms with Gasteiger partial charge in [0.1, 0.15) is 6.10 Å². The summed E-state index contributed by atoms with van der Waals surface area (Å²) in [5.74, 6) is -1.27. The predicted octanol–water partition coefficient (Wildman–Crippen LogP) is -1.05. The van der Waals surface area contributed by atoms with E-state index in [9.17, 15) is 19.8 Å². The molecule has 0 aromatic rings. The zero-order chi connectivity index (χ0) is 13.2. The van der Waals surface area contributed by atoms with Crippen molar-refractivity contribution in [1.82, 2.24) is 0 Å². The third kappa shape index (κ3) is 3.39. The summed E-state index contributed by atoms with van der Waals surface area (Å²) in [6.07, 6.45) is -5.73. The molecule has 0 spiro atoms. The van der Waals surface area contributed by atoms with Crippen LogP contribution < -0.4 is 0 Å². The zero-order valence-corrected chi connectivity index (χ0v) is 9.82. The fourth-order valence-corrected chi connectivity index (χ4v) is 1.68. The lowest BCUT2D eigenvalue weighted by molar-refractivity contribution is -0.285. The Hall–Kier alpha value is -1.18. The number of ether oxygens (including phenoxy) is 3. The lowest BCUT2D eigenvalue weighted by atomic mass is 9.99. The highest BCUT2D eigenvalue weighted by atomic mass is 16.7. The molecule has 98 valence electrons. The van der Waals surface area contributed by atoms with Crippen LogP contribution in [0.2, 0.25) is 0 Å². The van der Waals surface area contributed by atoms with Gasteiger partial charge >= 0.3 is 11.9 Å². The van der Waals surface area contributed by atoms with Crippen molar-refractivity contribution >= 4 is 11.9 Å². The molecule has 1 saturated heterocycles. The maximum atomic E-state index is 10.9. The third-order valence-corrected chi connectivity index (χ3v) is 2.38. The summed E-state index contributed by atoms with van der Waals surface area (Å²) in [5.41, 5.74) is 0. The molecule has 1 heterocycles. The molecule has 1 aliphatic rings. The van der Waals surface area contributed by atoms with Gasteiger partial charge in [0.15, 0.2) is 18.5 Å². The molecule has 0 aliphatic carbocycles. The Morgan fingerprint density at radius 2 is 1.53 bits per heavy atom. The van der Waals surface area contributed by atoms with Gasteiger partial charge in [0, 0.05) is 13.8 Å². The van der Waals surface area contributed by atoms with Crippen molar-refractivity contribution < 1.29 is 34.0 Å². The molecule has 7 heteroatoms. The van der Waals surface area contributed by atoms with Crippen LogP contribution >= 0.6 is 0 Å². The summed E-state index contributed by atoms with van der Waals surface area (Å²) in [5, 5.41) is 19.4. The molecule has 5 atom stereocenters. The minimum atomic E-state index is -1.45. The summed E-state index contributed by atoms with van der Waals surface area (Å²) in [4.78, 5) is 21.7. The van der Waals surface area contributed by atoms with Gasteiger partial charge in [0.25, 0.3) is 0 Å². The molecular formula is C10H16O7. The van der Waals surface area contributed by atoms with Crippen molar-refractivity contribution in [2.45, 2.75) is 51.5 Å². The Labute approximate surface area is 98.3 Å². The molecular weight excluding hydrogens is 232 g/mol. The fraction of sp³-hybridized carbons (Fsp3) is 0.800. The number of aliphatic hydroxyl groups is 2. The van der Waals surface area contributed by atoms with Crippen molar-refractivity contribution in [3.8, 4) is 0 Å². The monoisotopic (exact) mass is 248 g/mol. The van der Waals surface area contributed by atoms with Crippen LogP contribution in [-0.4, -0.2) is 52.9 Å². The number of carbonyl (C=O) groups is 2. The van der Waals surface area contributed by atoms with Gasteiger partial charge in [-0.05, 0) is 6.92 Å². The zero-order valence-electron chi connectivity index (χ0n) is 9.82. The highest BCUT2D eigenvalue weighted by molar-refractivity contribution is 5.67. The van der Waals surface area contributed by atoms with E-state index >= 15 is 0 Å². The molecule has 0 aromatic carbocycles. The minimum Gasteiger partial charge on any atom is -0.457 e. The van der Waals surface area contributed by atoms with Gasteiger partial charge < -0.3 is 24.4 Å². The van der Waals surface area contributed by atoms with Crippen molar-refractivity contribution in [3.63, 3.8) is 0 Å². The molecule has 7 nitrogen and oxygen atoms in total. The first-order chi connectivity index (χ1) is 7.82. The molecule has 3 unspecified atom stereocenters. The second-order valence-electron chi connectivity index (χ2n) is 3.87. The van der Waals surface area contributed by atoms with E-state index in [1.807, 2.05) is 0 Å². The number of rotatable bonds is 2. The highest BCUT2D eigenvalue weighted by Gasteiger charge is 2.46. The second kappa shape index (κ2) is 5.44. The third-order valence-electron chi connectivity index (χ3n) is 2.38. The molecule has 1 fully saturated rings. The van der Waals surface area contributed by atoms with Crippen molar-refractivity contribution in [2.24, 2.45) is 0 Å². The molecule has 2 N–H and O–H groups in total. The Bertz CT molecular complexity index is 275. The summed E-state index contributed by atoms with van der Waals surface area (Å²) in [7, 11) is 0. The first-order valence-corrected chi connectivity index (χ1v) is 5.19. The standard InChI is InChI=1S/C10H16O7/c1-4-8(16-5(2)11)7(13)9(10(14)15-4)17-6(3)12/h4,7-10,13-14H,1-3H3/t4?,7?,8-,9?,10+/m0/s1. The van der Waals surface area contributed by atoms with Crippen LogP contribution in [0.3, 0.4) is 0 Å². The number of aliphatic hydroxyl groups excluding tert-OH is 2. The number of hydrogen-bond acceptors (Lipinski definition) is 7. The van der Waals surface area contributed by atoms with Gasteiger partial charge in [0.2, 0.25) is 0 Å². The average Bonchev–Trinajstić information content (AvgIpc) is 2.18. The van der Waals surface area contributed by atoms with Crippen LogP contribution in [0, 0.1) is 0 Å². The van der Waals surface area contributed by atoms with E-state index in [0.29, 0.717) is 0 Å². The van der Waals surface area contributed by atoms with E-state index in [2.05, 4.69) is 0 Å². The molecule has 0 amide bonds. The van der Waals surface area contributed by atoms with Gasteiger partial charge in [-0.1, -0.05) is 0 Å². The van der Waals surface area contributed by atoms with Crippen LogP contribution in [0.25, 0.3) is 0 Å². The first-order valence-electron chi connectivity index (χ1n) is 5.19. The van der Waals surface area contributed by atoms with E-state index in [1.54, 1.807) is 0 Å². The van der Waals surface area contributed by atoms with Gasteiger partial charge in [-0.25, -0.2) is 0 Å². The predicted molar refractivity (Wildman–Crippen MR) is 53.7 cm³/mol.